The fraction of sp³-hybridized carbons (Fsp3) is 0.941. The zero-order valence-corrected chi connectivity index (χ0v) is 14.4. The first-order valence-corrected chi connectivity index (χ1v) is 8.74. The van der Waals surface area contributed by atoms with Gasteiger partial charge in [0.25, 0.3) is 0 Å². The minimum atomic E-state index is 0.0163. The van der Waals surface area contributed by atoms with Gasteiger partial charge in [0, 0.05) is 19.8 Å². The second kappa shape index (κ2) is 10.2. The molecular weight excluding hydrogens is 264 g/mol. The molecule has 1 heterocycles. The van der Waals surface area contributed by atoms with E-state index in [-0.39, 0.29) is 18.1 Å². The molecule has 0 aliphatic carbocycles. The topological polar surface area (TPSA) is 41.6 Å². The predicted molar refractivity (Wildman–Crippen MR) is 87.1 cm³/mol. The zero-order chi connectivity index (χ0) is 15.7. The third-order valence-corrected chi connectivity index (χ3v) is 3.95. The minimum Gasteiger partial charge on any atom is -0.381 e. The molecule has 0 aromatic rings. The maximum absolute atomic E-state index is 12.5. The zero-order valence-electron chi connectivity index (χ0n) is 14.4. The van der Waals surface area contributed by atoms with Crippen molar-refractivity contribution in [1.29, 1.82) is 0 Å². The molecule has 21 heavy (non-hydrogen) atoms. The van der Waals surface area contributed by atoms with Gasteiger partial charge >= 0.3 is 0 Å². The molecule has 0 aromatic carbocycles. The molecule has 1 amide bonds. The van der Waals surface area contributed by atoms with E-state index in [9.17, 15) is 4.79 Å². The highest BCUT2D eigenvalue weighted by Crippen LogP contribution is 2.20. The average molecular weight is 298 g/mol. The van der Waals surface area contributed by atoms with Gasteiger partial charge in [-0.25, -0.2) is 0 Å². The molecule has 0 bridgehead atoms. The molecule has 0 aromatic heterocycles. The van der Waals surface area contributed by atoms with Crippen molar-refractivity contribution in [1.82, 2.24) is 10.2 Å². The summed E-state index contributed by atoms with van der Waals surface area (Å²) < 4.78 is 5.60. The molecule has 4 nitrogen and oxygen atoms in total. The van der Waals surface area contributed by atoms with Gasteiger partial charge in [-0.2, -0.15) is 0 Å². The third-order valence-electron chi connectivity index (χ3n) is 3.95. The third kappa shape index (κ3) is 6.35. The first kappa shape index (κ1) is 18.4. The van der Waals surface area contributed by atoms with Gasteiger partial charge in [0.2, 0.25) is 5.91 Å². The van der Waals surface area contributed by atoms with Crippen molar-refractivity contribution in [3.63, 3.8) is 0 Å². The van der Waals surface area contributed by atoms with Crippen LogP contribution in [-0.2, 0) is 9.53 Å². The molecule has 4 heteroatoms. The van der Waals surface area contributed by atoms with Gasteiger partial charge in [0.1, 0.15) is 0 Å². The number of rotatable bonds is 11. The van der Waals surface area contributed by atoms with E-state index in [1.54, 1.807) is 0 Å². The summed E-state index contributed by atoms with van der Waals surface area (Å²) in [5.41, 5.74) is 0. The summed E-state index contributed by atoms with van der Waals surface area (Å²) in [6, 6.07) is 0.0163. The van der Waals surface area contributed by atoms with Crippen molar-refractivity contribution in [3.8, 4) is 0 Å². The van der Waals surface area contributed by atoms with E-state index in [4.69, 9.17) is 4.74 Å². The lowest BCUT2D eigenvalue weighted by atomic mass is 10.0. The van der Waals surface area contributed by atoms with E-state index in [0.717, 1.165) is 51.9 Å². The van der Waals surface area contributed by atoms with Crippen molar-refractivity contribution >= 4 is 5.91 Å². The maximum atomic E-state index is 12.5. The Morgan fingerprint density at radius 1 is 1.19 bits per heavy atom. The quantitative estimate of drug-likeness (QED) is 0.596. The summed E-state index contributed by atoms with van der Waals surface area (Å²) in [5.74, 6) is 0.835. The second-order valence-electron chi connectivity index (χ2n) is 6.50. The molecule has 0 radical (unpaired) electrons. The average Bonchev–Trinajstić information content (AvgIpc) is 2.71. The van der Waals surface area contributed by atoms with Crippen LogP contribution in [0.4, 0.5) is 0 Å². The van der Waals surface area contributed by atoms with E-state index in [1.165, 1.54) is 6.42 Å². The number of unbranched alkanes of at least 4 members (excludes halogenated alkanes) is 1. The van der Waals surface area contributed by atoms with Crippen LogP contribution < -0.4 is 5.32 Å². The van der Waals surface area contributed by atoms with Crippen LogP contribution in [0.15, 0.2) is 0 Å². The van der Waals surface area contributed by atoms with Crippen molar-refractivity contribution in [2.75, 3.05) is 19.8 Å². The molecular formula is C17H34N2O2. The van der Waals surface area contributed by atoms with Gasteiger partial charge in [-0.3, -0.25) is 10.1 Å². The van der Waals surface area contributed by atoms with Crippen LogP contribution in [0.5, 0.6) is 0 Å². The van der Waals surface area contributed by atoms with Gasteiger partial charge in [0.05, 0.1) is 12.2 Å². The smallest absolute Gasteiger partial charge is 0.241 e. The molecule has 1 saturated heterocycles. The van der Waals surface area contributed by atoms with E-state index in [2.05, 4.69) is 33.0 Å². The summed E-state index contributed by atoms with van der Waals surface area (Å²) in [6.07, 6.45) is 6.53. The normalized spacial score (nSPS) is 22.5. The Bertz CT molecular complexity index is 295. The summed E-state index contributed by atoms with van der Waals surface area (Å²) in [7, 11) is 0. The second-order valence-corrected chi connectivity index (χ2v) is 6.50. The number of carbonyl (C=O) groups excluding carboxylic acids is 1. The first-order valence-electron chi connectivity index (χ1n) is 8.74. The number of ether oxygens (including phenoxy) is 1. The van der Waals surface area contributed by atoms with Crippen LogP contribution in [0.25, 0.3) is 0 Å². The lowest BCUT2D eigenvalue weighted by Gasteiger charge is -2.23. The first-order chi connectivity index (χ1) is 10.1. The van der Waals surface area contributed by atoms with Crippen molar-refractivity contribution in [3.05, 3.63) is 0 Å². The molecule has 0 spiro atoms. The van der Waals surface area contributed by atoms with Gasteiger partial charge in [0.15, 0.2) is 0 Å². The van der Waals surface area contributed by atoms with E-state index in [0.29, 0.717) is 5.92 Å². The molecule has 1 fully saturated rings. The number of hydrogen-bond acceptors (Lipinski definition) is 3. The van der Waals surface area contributed by atoms with Crippen molar-refractivity contribution in [2.24, 2.45) is 5.92 Å². The van der Waals surface area contributed by atoms with Crippen molar-refractivity contribution in [2.45, 2.75) is 78.4 Å². The lowest BCUT2D eigenvalue weighted by molar-refractivity contribution is -0.130. The fourth-order valence-electron chi connectivity index (χ4n) is 2.85. The Morgan fingerprint density at radius 3 is 2.52 bits per heavy atom. The Balaban J connectivity index is 2.38. The molecule has 2 unspecified atom stereocenters. The summed E-state index contributed by atoms with van der Waals surface area (Å²) >= 11 is 0. The number of amides is 1. The van der Waals surface area contributed by atoms with E-state index >= 15 is 0 Å². The monoisotopic (exact) mass is 298 g/mol. The Hall–Kier alpha value is -0.610. The van der Waals surface area contributed by atoms with E-state index in [1.807, 2.05) is 4.90 Å². The minimum absolute atomic E-state index is 0.0163. The summed E-state index contributed by atoms with van der Waals surface area (Å²) in [4.78, 5) is 14.6. The number of hydrogen-bond donors (Lipinski definition) is 1. The van der Waals surface area contributed by atoms with E-state index < -0.39 is 0 Å². The molecule has 1 aliphatic heterocycles. The number of nitrogens with zero attached hydrogens (tertiary/aromatic N) is 1. The Morgan fingerprint density at radius 2 is 1.90 bits per heavy atom. The highest BCUT2D eigenvalue weighted by molar-refractivity contribution is 5.84. The predicted octanol–water partition coefficient (Wildman–Crippen LogP) is 3.17. The molecule has 1 N–H and O–H groups in total. The molecule has 1 aliphatic rings. The summed E-state index contributed by atoms with van der Waals surface area (Å²) in [6.45, 7) is 11.1. The van der Waals surface area contributed by atoms with Crippen LogP contribution in [0.2, 0.25) is 0 Å². The van der Waals surface area contributed by atoms with Crippen LogP contribution in [0.1, 0.15) is 66.2 Å². The molecule has 0 saturated carbocycles. The van der Waals surface area contributed by atoms with Gasteiger partial charge in [-0.1, -0.05) is 40.5 Å². The molecule has 1 rings (SSSR count). The fourth-order valence-corrected chi connectivity index (χ4v) is 2.85. The van der Waals surface area contributed by atoms with Gasteiger partial charge < -0.3 is 9.64 Å². The lowest BCUT2D eigenvalue weighted by Crippen LogP contribution is -2.38. The van der Waals surface area contributed by atoms with Crippen LogP contribution in [-0.4, -0.2) is 42.8 Å². The Kier molecular flexibility index (Phi) is 8.93. The molecule has 2 atom stereocenters. The highest BCUT2D eigenvalue weighted by Gasteiger charge is 2.37. The summed E-state index contributed by atoms with van der Waals surface area (Å²) in [5, 5.41) is 3.52. The van der Waals surface area contributed by atoms with Gasteiger partial charge in [-0.05, 0) is 31.6 Å². The Labute approximate surface area is 130 Å². The van der Waals surface area contributed by atoms with Crippen molar-refractivity contribution < 1.29 is 9.53 Å². The standard InChI is InChI=1S/C17H34N2O2/c1-5-7-11-21-12-8-10-19-16(9-6-2)18-15(17(19)20)13-14(3)4/h14-16,18H,5-13H2,1-4H3. The van der Waals surface area contributed by atoms with Gasteiger partial charge in [-0.15, -0.1) is 0 Å². The van der Waals surface area contributed by atoms with Crippen LogP contribution in [0, 0.1) is 5.92 Å². The van der Waals surface area contributed by atoms with Crippen LogP contribution in [0.3, 0.4) is 0 Å². The highest BCUT2D eigenvalue weighted by atomic mass is 16.5. The SMILES string of the molecule is CCCCOCCCN1C(=O)C(CC(C)C)NC1CCC. The number of carbonyl (C=O) groups is 1. The van der Waals surface area contributed by atoms with Crippen LogP contribution >= 0.6 is 0 Å². The number of nitrogens with one attached hydrogen (secondary N) is 1. The largest absolute Gasteiger partial charge is 0.381 e. The molecule has 124 valence electrons. The maximum Gasteiger partial charge on any atom is 0.241 e.